The lowest BCUT2D eigenvalue weighted by Gasteiger charge is -2.11. The Hall–Kier alpha value is -1.29. The first-order valence-corrected chi connectivity index (χ1v) is 6.41. The molecule has 1 unspecified atom stereocenters. The number of ether oxygens (including phenoxy) is 1. The van der Waals surface area contributed by atoms with Crippen molar-refractivity contribution in [2.75, 3.05) is 0 Å². The molecule has 0 heterocycles. The third kappa shape index (κ3) is 3.18. The number of halogens is 3. The van der Waals surface area contributed by atoms with Crippen LogP contribution in [0, 0.1) is 5.82 Å². The second kappa shape index (κ2) is 5.78. The molecular formula is C14H12Cl2FNO. The van der Waals surface area contributed by atoms with Crippen LogP contribution in [0.2, 0.25) is 10.0 Å². The highest BCUT2D eigenvalue weighted by Crippen LogP contribution is 2.34. The van der Waals surface area contributed by atoms with Crippen LogP contribution < -0.4 is 10.5 Å². The lowest BCUT2D eigenvalue weighted by Crippen LogP contribution is -2.04. The molecule has 5 heteroatoms. The van der Waals surface area contributed by atoms with Gasteiger partial charge in [0.1, 0.15) is 5.75 Å². The molecule has 2 nitrogen and oxygen atoms in total. The lowest BCUT2D eigenvalue weighted by molar-refractivity contribution is 0.442. The summed E-state index contributed by atoms with van der Waals surface area (Å²) in [5, 5.41) is 0.370. The highest BCUT2D eigenvalue weighted by molar-refractivity contribution is 6.32. The van der Waals surface area contributed by atoms with Crippen LogP contribution in [0.25, 0.3) is 0 Å². The minimum absolute atomic E-state index is 0.000762. The molecule has 0 aliphatic heterocycles. The molecule has 2 N–H and O–H groups in total. The number of nitrogens with two attached hydrogens (primary N) is 1. The Labute approximate surface area is 120 Å². The predicted molar refractivity (Wildman–Crippen MR) is 75.5 cm³/mol. The van der Waals surface area contributed by atoms with Crippen LogP contribution in [0.15, 0.2) is 36.4 Å². The average molecular weight is 300 g/mol. The van der Waals surface area contributed by atoms with Crippen molar-refractivity contribution < 1.29 is 9.13 Å². The molecule has 0 saturated heterocycles. The van der Waals surface area contributed by atoms with E-state index in [1.807, 2.05) is 6.92 Å². The molecule has 2 rings (SSSR count). The molecule has 1 atom stereocenters. The molecular weight excluding hydrogens is 288 g/mol. The highest BCUT2D eigenvalue weighted by atomic mass is 35.5. The van der Waals surface area contributed by atoms with Crippen LogP contribution in [0.5, 0.6) is 11.5 Å². The van der Waals surface area contributed by atoms with E-state index in [1.165, 1.54) is 12.1 Å². The van der Waals surface area contributed by atoms with Crippen LogP contribution in [-0.2, 0) is 0 Å². The van der Waals surface area contributed by atoms with E-state index in [1.54, 1.807) is 24.3 Å². The van der Waals surface area contributed by atoms with Gasteiger partial charge in [-0.15, -0.1) is 0 Å². The SMILES string of the molecule is CC(N)c1ccc(Oc2cccc(Cl)c2F)c(Cl)c1. The summed E-state index contributed by atoms with van der Waals surface area (Å²) < 4.78 is 19.1. The van der Waals surface area contributed by atoms with Gasteiger partial charge in [0.05, 0.1) is 10.0 Å². The van der Waals surface area contributed by atoms with Crippen LogP contribution in [0.1, 0.15) is 18.5 Å². The van der Waals surface area contributed by atoms with Gasteiger partial charge in [0.25, 0.3) is 0 Å². The molecule has 0 amide bonds. The Morgan fingerprint density at radius 3 is 2.47 bits per heavy atom. The molecule has 0 aliphatic carbocycles. The molecule has 0 saturated carbocycles. The van der Waals surface area contributed by atoms with Gasteiger partial charge in [0.2, 0.25) is 0 Å². The number of rotatable bonds is 3. The molecule has 0 radical (unpaired) electrons. The first-order valence-electron chi connectivity index (χ1n) is 5.66. The second-order valence-corrected chi connectivity index (χ2v) is 4.95. The monoisotopic (exact) mass is 299 g/mol. The summed E-state index contributed by atoms with van der Waals surface area (Å²) in [6.45, 7) is 1.85. The van der Waals surface area contributed by atoms with Crippen LogP contribution in [0.3, 0.4) is 0 Å². The molecule has 0 spiro atoms. The second-order valence-electron chi connectivity index (χ2n) is 4.13. The van der Waals surface area contributed by atoms with E-state index in [0.717, 1.165) is 5.56 Å². The van der Waals surface area contributed by atoms with E-state index in [4.69, 9.17) is 33.7 Å². The van der Waals surface area contributed by atoms with Gasteiger partial charge in [0.15, 0.2) is 11.6 Å². The smallest absolute Gasteiger partial charge is 0.184 e. The van der Waals surface area contributed by atoms with E-state index in [0.29, 0.717) is 10.8 Å². The van der Waals surface area contributed by atoms with E-state index in [2.05, 4.69) is 0 Å². The summed E-state index contributed by atoms with van der Waals surface area (Å²) in [5.41, 5.74) is 6.63. The van der Waals surface area contributed by atoms with E-state index >= 15 is 0 Å². The topological polar surface area (TPSA) is 35.2 Å². The van der Waals surface area contributed by atoms with Gasteiger partial charge in [-0.3, -0.25) is 0 Å². The van der Waals surface area contributed by atoms with Crippen molar-refractivity contribution in [3.05, 3.63) is 57.8 Å². The van der Waals surface area contributed by atoms with Crippen molar-refractivity contribution in [2.45, 2.75) is 13.0 Å². The summed E-state index contributed by atoms with van der Waals surface area (Å²) in [7, 11) is 0. The standard InChI is InChI=1S/C14H12Cl2FNO/c1-8(18)9-5-6-12(11(16)7-9)19-13-4-2-3-10(15)14(13)17/h2-8H,18H2,1H3. The van der Waals surface area contributed by atoms with Gasteiger partial charge in [-0.25, -0.2) is 4.39 Å². The fourth-order valence-corrected chi connectivity index (χ4v) is 1.96. The molecule has 0 aliphatic rings. The van der Waals surface area contributed by atoms with E-state index in [-0.39, 0.29) is 16.8 Å². The minimum atomic E-state index is -0.614. The van der Waals surface area contributed by atoms with Gasteiger partial charge in [-0.1, -0.05) is 35.3 Å². The Morgan fingerprint density at radius 2 is 1.84 bits per heavy atom. The Balaban J connectivity index is 2.31. The summed E-state index contributed by atoms with van der Waals surface area (Å²) in [5.74, 6) is -0.230. The Kier molecular flexibility index (Phi) is 4.30. The fourth-order valence-electron chi connectivity index (χ4n) is 1.56. The summed E-state index contributed by atoms with van der Waals surface area (Å²) in [4.78, 5) is 0. The number of hydrogen-bond acceptors (Lipinski definition) is 2. The molecule has 2 aromatic carbocycles. The van der Waals surface area contributed by atoms with Crippen molar-refractivity contribution in [3.63, 3.8) is 0 Å². The van der Waals surface area contributed by atoms with Crippen molar-refractivity contribution in [1.82, 2.24) is 0 Å². The van der Waals surface area contributed by atoms with Crippen LogP contribution in [-0.4, -0.2) is 0 Å². The van der Waals surface area contributed by atoms with Gasteiger partial charge >= 0.3 is 0 Å². The van der Waals surface area contributed by atoms with E-state index < -0.39 is 5.82 Å². The van der Waals surface area contributed by atoms with Crippen molar-refractivity contribution in [3.8, 4) is 11.5 Å². The average Bonchev–Trinajstić information content (AvgIpc) is 2.37. The molecule has 19 heavy (non-hydrogen) atoms. The zero-order chi connectivity index (χ0) is 14.0. The molecule has 100 valence electrons. The van der Waals surface area contributed by atoms with Gasteiger partial charge in [-0.2, -0.15) is 0 Å². The van der Waals surface area contributed by atoms with Crippen LogP contribution in [0.4, 0.5) is 4.39 Å². The number of benzene rings is 2. The van der Waals surface area contributed by atoms with Crippen LogP contribution >= 0.6 is 23.2 Å². The Bertz CT molecular complexity index is 602. The van der Waals surface area contributed by atoms with Gasteiger partial charge in [0, 0.05) is 6.04 Å². The third-order valence-electron chi connectivity index (χ3n) is 2.62. The minimum Gasteiger partial charge on any atom is -0.453 e. The summed E-state index contributed by atoms with van der Waals surface area (Å²) >= 11 is 11.8. The fraction of sp³-hybridized carbons (Fsp3) is 0.143. The van der Waals surface area contributed by atoms with Gasteiger partial charge < -0.3 is 10.5 Å². The summed E-state index contributed by atoms with van der Waals surface area (Å²) in [6, 6.07) is 9.54. The molecule has 0 fully saturated rings. The van der Waals surface area contributed by atoms with E-state index in [9.17, 15) is 4.39 Å². The van der Waals surface area contributed by atoms with Crippen molar-refractivity contribution in [2.24, 2.45) is 5.73 Å². The lowest BCUT2D eigenvalue weighted by atomic mass is 10.1. The zero-order valence-electron chi connectivity index (χ0n) is 10.2. The molecule has 0 bridgehead atoms. The maximum Gasteiger partial charge on any atom is 0.184 e. The maximum atomic E-state index is 13.7. The first-order chi connectivity index (χ1) is 8.99. The summed E-state index contributed by atoms with van der Waals surface area (Å²) in [6.07, 6.45) is 0. The first kappa shape index (κ1) is 14.1. The Morgan fingerprint density at radius 1 is 1.11 bits per heavy atom. The van der Waals surface area contributed by atoms with Gasteiger partial charge in [-0.05, 0) is 36.8 Å². The highest BCUT2D eigenvalue weighted by Gasteiger charge is 2.11. The maximum absolute atomic E-state index is 13.7. The number of hydrogen-bond donors (Lipinski definition) is 1. The molecule has 0 aromatic heterocycles. The quantitative estimate of drug-likeness (QED) is 0.871. The predicted octanol–water partition coefficient (Wildman–Crippen LogP) is 4.94. The zero-order valence-corrected chi connectivity index (χ0v) is 11.7. The molecule has 2 aromatic rings. The largest absolute Gasteiger partial charge is 0.453 e. The third-order valence-corrected chi connectivity index (χ3v) is 3.21. The van der Waals surface area contributed by atoms with Crippen molar-refractivity contribution in [1.29, 1.82) is 0 Å². The normalized spacial score (nSPS) is 12.3. The van der Waals surface area contributed by atoms with Crippen molar-refractivity contribution >= 4 is 23.2 Å².